The van der Waals surface area contributed by atoms with Gasteiger partial charge in [0.25, 0.3) is 5.91 Å². The number of aryl methyl sites for hydroxylation is 1. The average molecular weight is 288 g/mol. The summed E-state index contributed by atoms with van der Waals surface area (Å²) in [5.74, 6) is -1.27. The molecule has 21 heavy (non-hydrogen) atoms. The number of hydrogen-bond acceptors (Lipinski definition) is 3. The van der Waals surface area contributed by atoms with E-state index >= 15 is 0 Å². The van der Waals surface area contributed by atoms with Gasteiger partial charge in [-0.1, -0.05) is 0 Å². The predicted molar refractivity (Wildman–Crippen MR) is 72.0 cm³/mol. The van der Waals surface area contributed by atoms with Crippen LogP contribution in [0.5, 0.6) is 0 Å². The number of halogens is 2. The molecule has 3 aromatic rings. The molecule has 0 aromatic carbocycles. The van der Waals surface area contributed by atoms with Crippen molar-refractivity contribution in [2.24, 2.45) is 0 Å². The van der Waals surface area contributed by atoms with Crippen LogP contribution in [-0.4, -0.2) is 20.3 Å². The van der Waals surface area contributed by atoms with Crippen molar-refractivity contribution in [1.29, 1.82) is 0 Å². The first-order valence-electron chi connectivity index (χ1n) is 6.12. The Morgan fingerprint density at radius 3 is 2.67 bits per heavy atom. The van der Waals surface area contributed by atoms with Gasteiger partial charge in [-0.15, -0.1) is 0 Å². The Morgan fingerprint density at radius 2 is 1.95 bits per heavy atom. The first kappa shape index (κ1) is 13.2. The van der Waals surface area contributed by atoms with Crippen LogP contribution in [0.25, 0.3) is 5.65 Å². The number of hydrogen-bond donors (Lipinski definition) is 1. The van der Waals surface area contributed by atoms with E-state index in [2.05, 4.69) is 15.3 Å². The second-order valence-electron chi connectivity index (χ2n) is 4.44. The fourth-order valence-corrected chi connectivity index (χ4v) is 2.04. The lowest BCUT2D eigenvalue weighted by atomic mass is 10.3. The van der Waals surface area contributed by atoms with Gasteiger partial charge in [0, 0.05) is 6.20 Å². The fourth-order valence-electron chi connectivity index (χ4n) is 2.04. The summed E-state index contributed by atoms with van der Waals surface area (Å²) in [6.45, 7) is 1.65. The Hall–Kier alpha value is -2.83. The summed E-state index contributed by atoms with van der Waals surface area (Å²) in [7, 11) is 0. The van der Waals surface area contributed by atoms with Crippen LogP contribution in [0, 0.1) is 18.6 Å². The zero-order chi connectivity index (χ0) is 15.0. The molecule has 0 aliphatic carbocycles. The van der Waals surface area contributed by atoms with Crippen LogP contribution in [0.2, 0.25) is 0 Å². The smallest absolute Gasteiger partial charge is 0.275 e. The highest BCUT2D eigenvalue weighted by Crippen LogP contribution is 2.15. The number of rotatable bonds is 2. The largest absolute Gasteiger partial charge is 0.305 e. The summed E-state index contributed by atoms with van der Waals surface area (Å²) in [6.07, 6.45) is 2.18. The number of carbonyl (C=O) groups excluding carboxylic acids is 1. The molecule has 0 aliphatic rings. The molecular weight excluding hydrogens is 278 g/mol. The van der Waals surface area contributed by atoms with Crippen LogP contribution < -0.4 is 5.32 Å². The Bertz CT molecular complexity index is 827. The molecule has 0 bridgehead atoms. The van der Waals surface area contributed by atoms with Crippen molar-refractivity contribution in [2.75, 3.05) is 5.32 Å². The van der Waals surface area contributed by atoms with Crippen molar-refractivity contribution in [3.63, 3.8) is 0 Å². The highest BCUT2D eigenvalue weighted by atomic mass is 19.1. The van der Waals surface area contributed by atoms with Gasteiger partial charge >= 0.3 is 0 Å². The van der Waals surface area contributed by atoms with E-state index in [1.165, 1.54) is 34.9 Å². The van der Waals surface area contributed by atoms with E-state index in [-0.39, 0.29) is 11.5 Å². The predicted octanol–water partition coefficient (Wildman–Crippen LogP) is 2.57. The number of fused-ring (bicyclic) bond motifs is 1. The number of carbonyl (C=O) groups is 1. The van der Waals surface area contributed by atoms with E-state index in [4.69, 9.17) is 0 Å². The number of aromatic nitrogens is 3. The minimum absolute atomic E-state index is 0.201. The maximum atomic E-state index is 13.3. The number of nitrogens with zero attached hydrogens (tertiary/aromatic N) is 3. The lowest BCUT2D eigenvalue weighted by molar-refractivity contribution is 0.102. The van der Waals surface area contributed by atoms with Gasteiger partial charge in [-0.2, -0.15) is 0 Å². The molecule has 0 radical (unpaired) electrons. The van der Waals surface area contributed by atoms with Gasteiger partial charge in [0.05, 0.1) is 11.9 Å². The van der Waals surface area contributed by atoms with E-state index in [0.717, 1.165) is 6.20 Å². The van der Waals surface area contributed by atoms with Crippen molar-refractivity contribution < 1.29 is 13.6 Å². The summed E-state index contributed by atoms with van der Waals surface area (Å²) >= 11 is 0. The van der Waals surface area contributed by atoms with Gasteiger partial charge in [0.1, 0.15) is 28.8 Å². The molecule has 0 atom stereocenters. The Balaban J connectivity index is 1.99. The molecule has 106 valence electrons. The fraction of sp³-hybridized carbons (Fsp3) is 0.0714. The van der Waals surface area contributed by atoms with Gasteiger partial charge in [0.15, 0.2) is 0 Å². The maximum Gasteiger partial charge on any atom is 0.275 e. The Kier molecular flexibility index (Phi) is 3.09. The molecule has 0 fully saturated rings. The normalized spacial score (nSPS) is 10.8. The van der Waals surface area contributed by atoms with Crippen molar-refractivity contribution in [1.82, 2.24) is 14.4 Å². The summed E-state index contributed by atoms with van der Waals surface area (Å²) in [6, 6.07) is 5.27. The standard InChI is InChI=1S/C14H10F2N4O/c1-8-13(20-7-10(16)3-5-12(20)18-8)14(21)19-11-4-2-9(15)6-17-11/h2-7H,1H3,(H,17,19,21). The van der Waals surface area contributed by atoms with Crippen LogP contribution in [0.1, 0.15) is 16.2 Å². The van der Waals surface area contributed by atoms with Crippen molar-refractivity contribution in [3.8, 4) is 0 Å². The van der Waals surface area contributed by atoms with Crippen LogP contribution in [0.4, 0.5) is 14.6 Å². The third-order valence-electron chi connectivity index (χ3n) is 2.94. The monoisotopic (exact) mass is 288 g/mol. The lowest BCUT2D eigenvalue weighted by Crippen LogP contribution is -2.16. The van der Waals surface area contributed by atoms with Crippen molar-refractivity contribution >= 4 is 17.4 Å². The lowest BCUT2D eigenvalue weighted by Gasteiger charge is -2.05. The molecule has 3 aromatic heterocycles. The summed E-state index contributed by atoms with van der Waals surface area (Å²) < 4.78 is 27.5. The van der Waals surface area contributed by atoms with E-state index in [1.807, 2.05) is 0 Å². The first-order chi connectivity index (χ1) is 10.0. The van der Waals surface area contributed by atoms with Gasteiger partial charge in [-0.25, -0.2) is 18.7 Å². The molecule has 3 rings (SSSR count). The third kappa shape index (κ3) is 2.45. The summed E-state index contributed by atoms with van der Waals surface area (Å²) in [4.78, 5) is 20.2. The molecular formula is C14H10F2N4O. The van der Waals surface area contributed by atoms with E-state index in [0.29, 0.717) is 11.3 Å². The van der Waals surface area contributed by atoms with Crippen LogP contribution in [-0.2, 0) is 0 Å². The zero-order valence-electron chi connectivity index (χ0n) is 11.0. The molecule has 3 heterocycles. The van der Waals surface area contributed by atoms with Gasteiger partial charge in [-0.05, 0) is 31.2 Å². The van der Waals surface area contributed by atoms with Crippen LogP contribution in [0.15, 0.2) is 36.7 Å². The molecule has 5 nitrogen and oxygen atoms in total. The average Bonchev–Trinajstić information content (AvgIpc) is 2.76. The summed E-state index contributed by atoms with van der Waals surface area (Å²) in [5.41, 5.74) is 1.13. The van der Waals surface area contributed by atoms with Crippen molar-refractivity contribution in [3.05, 3.63) is 59.7 Å². The zero-order valence-corrected chi connectivity index (χ0v) is 11.0. The molecule has 0 spiro atoms. The molecule has 1 N–H and O–H groups in total. The minimum Gasteiger partial charge on any atom is -0.305 e. The third-order valence-corrected chi connectivity index (χ3v) is 2.94. The number of nitrogens with one attached hydrogen (secondary N) is 1. The first-order valence-corrected chi connectivity index (χ1v) is 6.12. The van der Waals surface area contributed by atoms with Gasteiger partial charge in [0.2, 0.25) is 0 Å². The summed E-state index contributed by atoms with van der Waals surface area (Å²) in [5, 5.41) is 2.52. The van der Waals surface area contributed by atoms with E-state index in [1.54, 1.807) is 6.92 Å². The Labute approximate surface area is 118 Å². The molecule has 0 aliphatic heterocycles. The van der Waals surface area contributed by atoms with Crippen LogP contribution >= 0.6 is 0 Å². The van der Waals surface area contributed by atoms with Gasteiger partial charge in [-0.3, -0.25) is 9.20 Å². The molecule has 0 unspecified atom stereocenters. The number of pyridine rings is 2. The van der Waals surface area contributed by atoms with E-state index < -0.39 is 17.5 Å². The topological polar surface area (TPSA) is 59.3 Å². The van der Waals surface area contributed by atoms with Crippen LogP contribution in [0.3, 0.4) is 0 Å². The molecule has 0 saturated carbocycles. The van der Waals surface area contributed by atoms with E-state index in [9.17, 15) is 13.6 Å². The number of anilines is 1. The quantitative estimate of drug-likeness (QED) is 0.788. The molecule has 0 saturated heterocycles. The number of amides is 1. The molecule has 1 amide bonds. The van der Waals surface area contributed by atoms with Gasteiger partial charge < -0.3 is 5.32 Å². The minimum atomic E-state index is -0.499. The maximum absolute atomic E-state index is 13.3. The molecule has 7 heteroatoms. The van der Waals surface area contributed by atoms with Crippen molar-refractivity contribution in [2.45, 2.75) is 6.92 Å². The number of imidazole rings is 1. The second-order valence-corrected chi connectivity index (χ2v) is 4.44. The SMILES string of the molecule is Cc1nc2ccc(F)cn2c1C(=O)Nc1ccc(F)cn1. The Morgan fingerprint density at radius 1 is 1.19 bits per heavy atom. The second kappa shape index (κ2) is 4.93. The highest BCUT2D eigenvalue weighted by molar-refractivity contribution is 6.03. The highest BCUT2D eigenvalue weighted by Gasteiger charge is 2.17.